The average Bonchev–Trinajstić information content (AvgIpc) is 2.92. The summed E-state index contributed by atoms with van der Waals surface area (Å²) in [7, 11) is 0. The van der Waals surface area contributed by atoms with Gasteiger partial charge >= 0.3 is 0 Å². The molecule has 0 saturated carbocycles. The van der Waals surface area contributed by atoms with Crippen LogP contribution in [0, 0.1) is 23.7 Å². The van der Waals surface area contributed by atoms with E-state index in [9.17, 15) is 0 Å². The van der Waals surface area contributed by atoms with Gasteiger partial charge in [0, 0.05) is 0 Å². The van der Waals surface area contributed by atoms with Crippen LogP contribution in [0.2, 0.25) is 0 Å². The number of allylic oxidation sites excluding steroid dienone is 11. The molecule has 1 aliphatic rings. The highest BCUT2D eigenvalue weighted by Gasteiger charge is 2.08. The van der Waals surface area contributed by atoms with Gasteiger partial charge in [0.25, 0.3) is 0 Å². The van der Waals surface area contributed by atoms with Crippen LogP contribution in [0.15, 0.2) is 84.6 Å². The van der Waals surface area contributed by atoms with Crippen molar-refractivity contribution in [2.24, 2.45) is 17.1 Å². The second-order valence-corrected chi connectivity index (χ2v) is 11.6. The molecule has 2 N–H and O–H groups in total. The van der Waals surface area contributed by atoms with Crippen molar-refractivity contribution in [3.8, 4) is 12.3 Å². The first-order valence-electron chi connectivity index (χ1n) is 15.9. The van der Waals surface area contributed by atoms with Gasteiger partial charge in [-0.05, 0) is 82.1 Å². The molecule has 1 heteroatoms. The van der Waals surface area contributed by atoms with Gasteiger partial charge < -0.3 is 5.73 Å². The molecule has 1 aliphatic carbocycles. The Hall–Kier alpha value is -2.30. The molecule has 0 amide bonds. The maximum atomic E-state index is 5.15. The second kappa shape index (κ2) is 37.7. The molecule has 0 aromatic rings. The normalized spacial score (nSPS) is 13.0. The topological polar surface area (TPSA) is 26.0 Å². The fraction of sp³-hybridized carbons (Fsp3) is 0.600. The number of hydrogen-bond donors (Lipinski definition) is 1. The molecule has 0 radical (unpaired) electrons. The summed E-state index contributed by atoms with van der Waals surface area (Å²) in [5.41, 5.74) is 10.3. The van der Waals surface area contributed by atoms with Gasteiger partial charge in [0.15, 0.2) is 0 Å². The van der Waals surface area contributed by atoms with Crippen molar-refractivity contribution < 1.29 is 0 Å². The lowest BCUT2D eigenvalue weighted by Crippen LogP contribution is -2.04. The van der Waals surface area contributed by atoms with Crippen LogP contribution >= 0.6 is 0 Å². The van der Waals surface area contributed by atoms with Crippen molar-refractivity contribution >= 4 is 0 Å². The number of terminal acetylenes is 1. The monoisotopic (exact) mass is 568 g/mol. The summed E-state index contributed by atoms with van der Waals surface area (Å²) in [5.74, 6) is 3.24. The van der Waals surface area contributed by atoms with Crippen LogP contribution in [0.5, 0.6) is 0 Å². The van der Waals surface area contributed by atoms with Crippen molar-refractivity contribution in [1.29, 1.82) is 0 Å². The smallest absolute Gasteiger partial charge is 0.00799 e. The lowest BCUT2D eigenvalue weighted by molar-refractivity contribution is 0.506. The molecule has 1 atom stereocenters. The molecule has 41 heavy (non-hydrogen) atoms. The summed E-state index contributed by atoms with van der Waals surface area (Å²) in [6.07, 6.45) is 30.7. The maximum absolute atomic E-state index is 5.15. The molecule has 0 saturated heterocycles. The molecule has 1 rings (SSSR count). The standard InChI is InChI=1S/C12H12.C9H18.C7H14.C6H14.C3H9N.C3H6/c1-3-7-11(2)10-12-8-5-4-6-9-12;1-5-6-7-9(4)8(2)3;1-6(2)7(3,4)5;1-3-5-6-4-2;1-2-3-4;1-3-2/h1,4-8,10H,9H2,2H3;9H,2,5-7H2,1,3-4H3;1H2,2-5H3;3-6H2,1-2H3;2-4H2,1H3;3H,1H2,2H3/b11-7-,12-10-;;;;;. The third-order valence-electron chi connectivity index (χ3n) is 5.99. The van der Waals surface area contributed by atoms with Gasteiger partial charge in [-0.3, -0.25) is 0 Å². The average molecular weight is 568 g/mol. The van der Waals surface area contributed by atoms with Gasteiger partial charge in [-0.15, -0.1) is 13.0 Å². The van der Waals surface area contributed by atoms with Gasteiger partial charge in [-0.25, -0.2) is 0 Å². The van der Waals surface area contributed by atoms with Crippen LogP contribution in [0.25, 0.3) is 0 Å². The van der Waals surface area contributed by atoms with Crippen molar-refractivity contribution in [2.45, 2.75) is 141 Å². The molecule has 0 aromatic heterocycles. The molecule has 0 bridgehead atoms. The third kappa shape index (κ3) is 51.0. The highest BCUT2D eigenvalue weighted by atomic mass is 14.5. The first-order valence-corrected chi connectivity index (χ1v) is 15.9. The van der Waals surface area contributed by atoms with E-state index in [0.717, 1.165) is 30.9 Å². The molecule has 0 heterocycles. The Morgan fingerprint density at radius 2 is 1.41 bits per heavy atom. The van der Waals surface area contributed by atoms with E-state index in [0.29, 0.717) is 5.41 Å². The Morgan fingerprint density at radius 3 is 1.68 bits per heavy atom. The Balaban J connectivity index is -0.000000134. The minimum atomic E-state index is 0.306. The van der Waals surface area contributed by atoms with E-state index in [2.05, 4.69) is 119 Å². The minimum absolute atomic E-state index is 0.306. The summed E-state index contributed by atoms with van der Waals surface area (Å²) >= 11 is 0. The first-order chi connectivity index (χ1) is 19.2. The van der Waals surface area contributed by atoms with Gasteiger partial charge in [0.05, 0.1) is 0 Å². The summed E-state index contributed by atoms with van der Waals surface area (Å²) in [4.78, 5) is 0. The largest absolute Gasteiger partial charge is 0.330 e. The van der Waals surface area contributed by atoms with Crippen molar-refractivity contribution in [3.63, 3.8) is 0 Å². The molecule has 0 aromatic carbocycles. The molecular formula is C40H73N. The number of rotatable bonds is 9. The quantitative estimate of drug-likeness (QED) is 0.167. The highest BCUT2D eigenvalue weighted by molar-refractivity contribution is 5.36. The van der Waals surface area contributed by atoms with E-state index in [1.807, 2.05) is 19.9 Å². The van der Waals surface area contributed by atoms with Gasteiger partial charge in [0.1, 0.15) is 0 Å². The highest BCUT2D eigenvalue weighted by Crippen LogP contribution is 2.21. The zero-order chi connectivity index (χ0) is 33.1. The predicted molar refractivity (Wildman–Crippen MR) is 196 cm³/mol. The van der Waals surface area contributed by atoms with E-state index in [-0.39, 0.29) is 0 Å². The van der Waals surface area contributed by atoms with Gasteiger partial charge in [0.2, 0.25) is 0 Å². The Morgan fingerprint density at radius 1 is 0.976 bits per heavy atom. The van der Waals surface area contributed by atoms with Gasteiger partial charge in [-0.1, -0.05) is 161 Å². The Kier molecular flexibility index (Phi) is 44.5. The van der Waals surface area contributed by atoms with Crippen LogP contribution in [0.1, 0.15) is 141 Å². The number of unbranched alkanes of at least 4 members (excludes halogenated alkanes) is 4. The number of hydrogen-bond acceptors (Lipinski definition) is 1. The van der Waals surface area contributed by atoms with Crippen LogP contribution in [-0.2, 0) is 0 Å². The molecular weight excluding hydrogens is 494 g/mol. The molecule has 0 fully saturated rings. The second-order valence-electron chi connectivity index (χ2n) is 11.6. The summed E-state index contributed by atoms with van der Waals surface area (Å²) in [5, 5.41) is 0. The van der Waals surface area contributed by atoms with Crippen molar-refractivity contribution in [3.05, 3.63) is 84.6 Å². The fourth-order valence-corrected chi connectivity index (χ4v) is 2.36. The van der Waals surface area contributed by atoms with E-state index in [1.54, 1.807) is 12.2 Å². The van der Waals surface area contributed by atoms with Crippen LogP contribution in [0.3, 0.4) is 0 Å². The summed E-state index contributed by atoms with van der Waals surface area (Å²) < 4.78 is 0. The van der Waals surface area contributed by atoms with E-state index in [1.165, 1.54) is 61.7 Å². The molecule has 0 spiro atoms. The van der Waals surface area contributed by atoms with Crippen molar-refractivity contribution in [1.82, 2.24) is 0 Å². The van der Waals surface area contributed by atoms with E-state index < -0.39 is 0 Å². The number of nitrogens with two attached hydrogens (primary N) is 1. The summed E-state index contributed by atoms with van der Waals surface area (Å²) in [6.45, 7) is 37.5. The SMILES string of the molecule is C#C/C=C(C)\C=C1\C=CC=CC1.C=C(C)C(C)(C)C.C=C(C)C(C)CCCC.C=CC.CCCCCC.CCCN. The van der Waals surface area contributed by atoms with Crippen LogP contribution in [0.4, 0.5) is 0 Å². The molecule has 1 nitrogen and oxygen atoms in total. The zero-order valence-corrected chi connectivity index (χ0v) is 30.0. The van der Waals surface area contributed by atoms with Crippen molar-refractivity contribution in [2.75, 3.05) is 6.54 Å². The van der Waals surface area contributed by atoms with Gasteiger partial charge in [-0.2, -0.15) is 0 Å². The first kappa shape index (κ1) is 48.4. The minimum Gasteiger partial charge on any atom is -0.330 e. The Bertz CT molecular complexity index is 750. The molecule has 238 valence electrons. The van der Waals surface area contributed by atoms with Crippen LogP contribution < -0.4 is 5.73 Å². The predicted octanol–water partition coefficient (Wildman–Crippen LogP) is 13.1. The molecule has 1 unspecified atom stereocenters. The maximum Gasteiger partial charge on any atom is -0.00799 e. The zero-order valence-electron chi connectivity index (χ0n) is 30.0. The third-order valence-corrected chi connectivity index (χ3v) is 5.99. The lowest BCUT2D eigenvalue weighted by atomic mass is 9.89. The van der Waals surface area contributed by atoms with Crippen LogP contribution in [-0.4, -0.2) is 6.54 Å². The summed E-state index contributed by atoms with van der Waals surface area (Å²) in [6, 6.07) is 0. The Labute approximate surface area is 261 Å². The van der Waals surface area contributed by atoms with E-state index in [4.69, 9.17) is 12.2 Å². The lowest BCUT2D eigenvalue weighted by Gasteiger charge is -2.16. The fourth-order valence-electron chi connectivity index (χ4n) is 2.36. The van der Waals surface area contributed by atoms with E-state index >= 15 is 0 Å². The molecule has 0 aliphatic heterocycles.